The van der Waals surface area contributed by atoms with E-state index >= 15 is 0 Å². The molecular formula is C4H11NOS. The van der Waals surface area contributed by atoms with Crippen molar-refractivity contribution < 1.29 is 4.84 Å². The molecule has 2 nitrogen and oxygen atoms in total. The molecule has 0 aromatic carbocycles. The van der Waals surface area contributed by atoms with Crippen LogP contribution in [0, 0.1) is 0 Å². The van der Waals surface area contributed by atoms with Gasteiger partial charge in [0, 0.05) is 5.25 Å². The predicted molar refractivity (Wildman–Crippen MR) is 33.2 cm³/mol. The Morgan fingerprint density at radius 3 is 2.00 bits per heavy atom. The van der Waals surface area contributed by atoms with E-state index in [-0.39, 0.29) is 11.4 Å². The van der Waals surface area contributed by atoms with E-state index in [9.17, 15) is 0 Å². The monoisotopic (exact) mass is 121 g/mol. The molecule has 0 bridgehead atoms. The smallest absolute Gasteiger partial charge is 0.0872 e. The molecule has 0 aliphatic heterocycles. The normalized spacial score (nSPS) is 18.9. The lowest BCUT2D eigenvalue weighted by molar-refractivity contribution is 0.0684. The van der Waals surface area contributed by atoms with Crippen LogP contribution in [0.4, 0.5) is 0 Å². The van der Waals surface area contributed by atoms with Crippen LogP contribution in [0.5, 0.6) is 0 Å². The minimum Gasteiger partial charge on any atom is -0.300 e. The van der Waals surface area contributed by atoms with Crippen molar-refractivity contribution in [1.29, 1.82) is 0 Å². The Bertz CT molecular complexity index is 49.0. The first-order valence-electron chi connectivity index (χ1n) is 2.22. The minimum absolute atomic E-state index is 0.0448. The van der Waals surface area contributed by atoms with E-state index in [1.807, 2.05) is 13.8 Å². The number of nitrogens with two attached hydrogens (primary N) is 1. The number of hydrogen-bond donors (Lipinski definition) is 2. The maximum Gasteiger partial charge on any atom is 0.0872 e. The van der Waals surface area contributed by atoms with E-state index in [2.05, 4.69) is 17.5 Å². The molecule has 0 spiro atoms. The Balaban J connectivity index is 3.14. The van der Waals surface area contributed by atoms with Gasteiger partial charge in [-0.3, -0.25) is 0 Å². The molecule has 0 amide bonds. The van der Waals surface area contributed by atoms with Crippen molar-refractivity contribution in [3.05, 3.63) is 0 Å². The van der Waals surface area contributed by atoms with Crippen LogP contribution in [-0.2, 0) is 4.84 Å². The summed E-state index contributed by atoms with van der Waals surface area (Å²) in [5, 5.41) is 0.213. The van der Waals surface area contributed by atoms with Crippen molar-refractivity contribution in [2.45, 2.75) is 25.2 Å². The molecule has 0 rings (SSSR count). The van der Waals surface area contributed by atoms with Crippen LogP contribution in [0.1, 0.15) is 13.8 Å². The molecule has 0 aliphatic rings. The van der Waals surface area contributed by atoms with Gasteiger partial charge in [-0.2, -0.15) is 12.6 Å². The summed E-state index contributed by atoms with van der Waals surface area (Å²) in [5.41, 5.74) is 0. The molecule has 44 valence electrons. The van der Waals surface area contributed by atoms with E-state index < -0.39 is 0 Å². The Morgan fingerprint density at radius 1 is 1.57 bits per heavy atom. The third-order valence-corrected chi connectivity index (χ3v) is 1.31. The SMILES string of the molecule is CC(S)[C@@H](C)ON. The quantitative estimate of drug-likeness (QED) is 0.414. The summed E-state index contributed by atoms with van der Waals surface area (Å²) in [6, 6.07) is 0. The van der Waals surface area contributed by atoms with E-state index in [4.69, 9.17) is 5.90 Å². The van der Waals surface area contributed by atoms with Gasteiger partial charge in [0.05, 0.1) is 6.10 Å². The van der Waals surface area contributed by atoms with Gasteiger partial charge >= 0.3 is 0 Å². The first-order chi connectivity index (χ1) is 3.18. The lowest BCUT2D eigenvalue weighted by Gasteiger charge is -2.09. The van der Waals surface area contributed by atoms with Crippen LogP contribution < -0.4 is 5.90 Å². The maximum absolute atomic E-state index is 4.82. The molecule has 1 unspecified atom stereocenters. The van der Waals surface area contributed by atoms with Crippen LogP contribution >= 0.6 is 12.6 Å². The van der Waals surface area contributed by atoms with Crippen molar-refractivity contribution in [1.82, 2.24) is 0 Å². The maximum atomic E-state index is 4.82. The predicted octanol–water partition coefficient (Wildman–Crippen LogP) is 0.584. The van der Waals surface area contributed by atoms with Crippen molar-refractivity contribution in [3.8, 4) is 0 Å². The summed E-state index contributed by atoms with van der Waals surface area (Å²) >= 11 is 4.07. The number of rotatable bonds is 2. The van der Waals surface area contributed by atoms with E-state index in [0.717, 1.165) is 0 Å². The summed E-state index contributed by atoms with van der Waals surface area (Å²) in [6.45, 7) is 3.80. The van der Waals surface area contributed by atoms with Crippen molar-refractivity contribution in [2.75, 3.05) is 0 Å². The van der Waals surface area contributed by atoms with Gasteiger partial charge in [-0.05, 0) is 6.92 Å². The average Bonchev–Trinajstić information content (AvgIpc) is 1.65. The topological polar surface area (TPSA) is 35.2 Å². The second-order valence-electron chi connectivity index (χ2n) is 1.58. The van der Waals surface area contributed by atoms with Gasteiger partial charge in [0.1, 0.15) is 0 Å². The zero-order chi connectivity index (χ0) is 5.86. The Hall–Kier alpha value is 0.270. The molecule has 0 heterocycles. The van der Waals surface area contributed by atoms with Gasteiger partial charge in [-0.1, -0.05) is 6.92 Å². The second-order valence-corrected chi connectivity index (χ2v) is 2.40. The largest absolute Gasteiger partial charge is 0.300 e. The molecular weight excluding hydrogens is 110 g/mol. The van der Waals surface area contributed by atoms with Crippen molar-refractivity contribution in [3.63, 3.8) is 0 Å². The fourth-order valence-corrected chi connectivity index (χ4v) is 0.184. The molecule has 0 saturated heterocycles. The minimum atomic E-state index is 0.0448. The summed E-state index contributed by atoms with van der Waals surface area (Å²) in [6.07, 6.45) is 0.0448. The van der Waals surface area contributed by atoms with Crippen LogP contribution in [-0.4, -0.2) is 11.4 Å². The summed E-state index contributed by atoms with van der Waals surface area (Å²) in [5.74, 6) is 4.82. The summed E-state index contributed by atoms with van der Waals surface area (Å²) < 4.78 is 0. The molecule has 0 radical (unpaired) electrons. The van der Waals surface area contributed by atoms with Crippen LogP contribution in [0.2, 0.25) is 0 Å². The molecule has 0 saturated carbocycles. The van der Waals surface area contributed by atoms with Crippen LogP contribution in [0.25, 0.3) is 0 Å². The van der Waals surface area contributed by atoms with Gasteiger partial charge in [0.2, 0.25) is 0 Å². The standard InChI is InChI=1S/C4H11NOS/c1-3(6-5)4(2)7/h3-4,7H,5H2,1-2H3/t3-,4?/m1/s1. The Labute approximate surface area is 49.4 Å². The zero-order valence-electron chi connectivity index (χ0n) is 4.59. The van der Waals surface area contributed by atoms with Gasteiger partial charge in [0.25, 0.3) is 0 Å². The van der Waals surface area contributed by atoms with E-state index in [1.165, 1.54) is 0 Å². The molecule has 2 N–H and O–H groups in total. The Kier molecular flexibility index (Phi) is 3.42. The van der Waals surface area contributed by atoms with Crippen molar-refractivity contribution >= 4 is 12.6 Å². The highest BCUT2D eigenvalue weighted by molar-refractivity contribution is 7.81. The highest BCUT2D eigenvalue weighted by Crippen LogP contribution is 2.00. The van der Waals surface area contributed by atoms with Crippen LogP contribution in [0.3, 0.4) is 0 Å². The molecule has 7 heavy (non-hydrogen) atoms. The average molecular weight is 121 g/mol. The van der Waals surface area contributed by atoms with E-state index in [0.29, 0.717) is 0 Å². The van der Waals surface area contributed by atoms with Gasteiger partial charge in [-0.15, -0.1) is 0 Å². The molecule has 3 heteroatoms. The first kappa shape index (κ1) is 7.27. The fourth-order valence-electron chi connectivity index (χ4n) is 0.114. The summed E-state index contributed by atoms with van der Waals surface area (Å²) in [7, 11) is 0. The first-order valence-corrected chi connectivity index (χ1v) is 2.73. The number of thiol groups is 1. The van der Waals surface area contributed by atoms with Crippen LogP contribution in [0.15, 0.2) is 0 Å². The zero-order valence-corrected chi connectivity index (χ0v) is 5.48. The third kappa shape index (κ3) is 2.91. The van der Waals surface area contributed by atoms with Gasteiger partial charge < -0.3 is 4.84 Å². The molecule has 0 aromatic heterocycles. The highest BCUT2D eigenvalue weighted by Gasteiger charge is 2.04. The summed E-state index contributed by atoms with van der Waals surface area (Å²) in [4.78, 5) is 4.44. The van der Waals surface area contributed by atoms with Gasteiger partial charge in [0.15, 0.2) is 0 Å². The van der Waals surface area contributed by atoms with E-state index in [1.54, 1.807) is 0 Å². The van der Waals surface area contributed by atoms with Gasteiger partial charge in [-0.25, -0.2) is 5.90 Å². The van der Waals surface area contributed by atoms with Crippen molar-refractivity contribution in [2.24, 2.45) is 5.90 Å². The highest BCUT2D eigenvalue weighted by atomic mass is 32.1. The fraction of sp³-hybridized carbons (Fsp3) is 1.00. The number of hydrogen-bond acceptors (Lipinski definition) is 3. The molecule has 0 aliphatic carbocycles. The lowest BCUT2D eigenvalue weighted by atomic mass is 10.3. The molecule has 0 fully saturated rings. The lowest BCUT2D eigenvalue weighted by Crippen LogP contribution is -2.21. The Morgan fingerprint density at radius 2 is 2.00 bits per heavy atom. The molecule has 2 atom stereocenters. The molecule has 0 aromatic rings. The second kappa shape index (κ2) is 3.29. The third-order valence-electron chi connectivity index (χ3n) is 0.894.